The van der Waals surface area contributed by atoms with E-state index in [0.29, 0.717) is 21.8 Å². The highest BCUT2D eigenvalue weighted by molar-refractivity contribution is 6.33. The lowest BCUT2D eigenvalue weighted by molar-refractivity contribution is -0.142. The summed E-state index contributed by atoms with van der Waals surface area (Å²) in [6, 6.07) is 2.50. The van der Waals surface area contributed by atoms with E-state index in [2.05, 4.69) is 5.32 Å². The fraction of sp³-hybridized carbons (Fsp3) is 0.647. The molecule has 10 nitrogen and oxygen atoms in total. The minimum atomic E-state index is -1.12. The van der Waals surface area contributed by atoms with Crippen LogP contribution in [-0.2, 0) is 29.3 Å². The van der Waals surface area contributed by atoms with Crippen LogP contribution in [0.5, 0.6) is 0 Å². The van der Waals surface area contributed by atoms with Gasteiger partial charge < -0.3 is 25.4 Å². The molecule has 254 valence electrons. The first-order chi connectivity index (χ1) is 20.4. The number of hydrogen-bond donors (Lipinski definition) is 2. The Morgan fingerprint density at radius 3 is 2.00 bits per heavy atom. The van der Waals surface area contributed by atoms with Crippen LogP contribution in [0, 0.1) is 11.3 Å². The van der Waals surface area contributed by atoms with Crippen LogP contribution in [0.25, 0.3) is 0 Å². The number of halogens is 1. The summed E-state index contributed by atoms with van der Waals surface area (Å²) < 4.78 is 10.8. The number of likely N-dealkylation sites (N-methyl/N-ethyl adjacent to an activating group) is 2. The van der Waals surface area contributed by atoms with Gasteiger partial charge in [-0.05, 0) is 63.6 Å². The third kappa shape index (κ3) is 10.7. The van der Waals surface area contributed by atoms with Gasteiger partial charge in [0.05, 0.1) is 23.4 Å². The summed E-state index contributed by atoms with van der Waals surface area (Å²) >= 11 is 6.19. The van der Waals surface area contributed by atoms with E-state index in [0.717, 1.165) is 0 Å². The van der Waals surface area contributed by atoms with Crippen molar-refractivity contribution in [3.63, 3.8) is 0 Å². The smallest absolute Gasteiger partial charge is 0.410 e. The average Bonchev–Trinajstić information content (AvgIpc) is 2.89. The second-order valence-electron chi connectivity index (χ2n) is 14.5. The molecule has 0 aliphatic rings. The van der Waals surface area contributed by atoms with Gasteiger partial charge in [-0.25, -0.2) is 9.59 Å². The van der Waals surface area contributed by atoms with Gasteiger partial charge in [0.2, 0.25) is 11.8 Å². The maximum Gasteiger partial charge on any atom is 0.410 e. The lowest BCUT2D eigenvalue weighted by Crippen LogP contribution is -2.63. The molecule has 0 fully saturated rings. The molecule has 3 amide bonds. The number of anilines is 1. The number of rotatable bonds is 11. The van der Waals surface area contributed by atoms with Crippen molar-refractivity contribution in [2.24, 2.45) is 11.3 Å². The normalized spacial score (nSPS) is 14.7. The molecule has 11 heteroatoms. The van der Waals surface area contributed by atoms with E-state index in [1.807, 2.05) is 48.5 Å². The van der Waals surface area contributed by atoms with Crippen molar-refractivity contribution in [2.45, 2.75) is 112 Å². The number of carbonyl (C=O) groups is 4. The van der Waals surface area contributed by atoms with E-state index in [1.54, 1.807) is 70.8 Å². The third-order valence-electron chi connectivity index (χ3n) is 7.64. The van der Waals surface area contributed by atoms with E-state index < -0.39 is 52.5 Å². The molecule has 0 aliphatic heterocycles. The average molecular weight is 651 g/mol. The zero-order valence-electron chi connectivity index (χ0n) is 29.6. The summed E-state index contributed by atoms with van der Waals surface area (Å²) in [6.07, 6.45) is 1.02. The van der Waals surface area contributed by atoms with Gasteiger partial charge in [0, 0.05) is 25.1 Å². The number of benzene rings is 1. The van der Waals surface area contributed by atoms with Gasteiger partial charge in [-0.15, -0.1) is 0 Å². The Morgan fingerprint density at radius 2 is 1.56 bits per heavy atom. The molecule has 3 N–H and O–H groups in total. The maximum absolute atomic E-state index is 14.4. The standard InChI is InChI=1S/C34H55ClN4O6/c1-15-44-30(42)21(4)18-25(20(2)3)38(13)29(41)26(32(5,6)7)37-28(40)27(39(14)31(43)45-33(8,9)10)34(11,12)22-16-17-23(35)24(36)19-22/h16-20,25-27H,15,36H2,1-14H3,(H,37,40)/b21-18+/t25-,26-,27?/m1/s1. The van der Waals surface area contributed by atoms with Crippen molar-refractivity contribution in [3.8, 4) is 0 Å². The van der Waals surface area contributed by atoms with Crippen molar-refractivity contribution in [1.82, 2.24) is 15.1 Å². The van der Waals surface area contributed by atoms with Crippen LogP contribution in [0.2, 0.25) is 5.02 Å². The molecule has 0 bridgehead atoms. The predicted molar refractivity (Wildman–Crippen MR) is 180 cm³/mol. The summed E-state index contributed by atoms with van der Waals surface area (Å²) in [5.74, 6) is -1.42. The Morgan fingerprint density at radius 1 is 1.00 bits per heavy atom. The van der Waals surface area contributed by atoms with Gasteiger partial charge in [0.15, 0.2) is 0 Å². The maximum atomic E-state index is 14.4. The Labute approximate surface area is 275 Å². The Kier molecular flexibility index (Phi) is 13.6. The SMILES string of the molecule is CCOC(=O)/C(C)=C/[C@H](C(C)C)N(C)C(=O)[C@@H](NC(=O)C(N(C)C(=O)OC(C)(C)C)C(C)(C)c1ccc(Cl)c(N)c1)C(C)(C)C. The first-order valence-corrected chi connectivity index (χ1v) is 15.7. The van der Waals surface area contributed by atoms with Gasteiger partial charge in [-0.1, -0.05) is 72.2 Å². The van der Waals surface area contributed by atoms with Crippen LogP contribution in [0.3, 0.4) is 0 Å². The monoisotopic (exact) mass is 650 g/mol. The fourth-order valence-corrected chi connectivity index (χ4v) is 5.19. The largest absolute Gasteiger partial charge is 0.463 e. The zero-order valence-corrected chi connectivity index (χ0v) is 30.4. The first kappa shape index (κ1) is 39.8. The molecule has 0 spiro atoms. The van der Waals surface area contributed by atoms with Crippen molar-refractivity contribution in [2.75, 3.05) is 26.4 Å². The molecule has 1 unspecified atom stereocenters. The number of nitrogens with two attached hydrogens (primary N) is 1. The van der Waals surface area contributed by atoms with Gasteiger partial charge >= 0.3 is 12.1 Å². The van der Waals surface area contributed by atoms with Gasteiger partial charge in [0.1, 0.15) is 17.7 Å². The molecular weight excluding hydrogens is 596 g/mol. The summed E-state index contributed by atoms with van der Waals surface area (Å²) in [4.78, 5) is 57.1. The molecule has 0 saturated heterocycles. The van der Waals surface area contributed by atoms with Crippen molar-refractivity contribution >= 4 is 41.2 Å². The number of nitrogen functional groups attached to an aromatic ring is 1. The van der Waals surface area contributed by atoms with E-state index in [4.69, 9.17) is 26.8 Å². The molecule has 1 aromatic carbocycles. The van der Waals surface area contributed by atoms with Crippen LogP contribution in [-0.4, -0.2) is 78.1 Å². The highest BCUT2D eigenvalue weighted by atomic mass is 35.5. The fourth-order valence-electron chi connectivity index (χ4n) is 5.07. The highest BCUT2D eigenvalue weighted by Gasteiger charge is 2.46. The number of ether oxygens (including phenoxy) is 2. The van der Waals surface area contributed by atoms with Crippen molar-refractivity contribution in [3.05, 3.63) is 40.4 Å². The number of esters is 1. The van der Waals surface area contributed by atoms with Crippen molar-refractivity contribution < 1.29 is 28.7 Å². The third-order valence-corrected chi connectivity index (χ3v) is 7.98. The molecule has 3 atom stereocenters. The molecular formula is C34H55ClN4O6. The van der Waals surface area contributed by atoms with Gasteiger partial charge in [-0.2, -0.15) is 0 Å². The molecule has 0 heterocycles. The van der Waals surface area contributed by atoms with E-state index in [9.17, 15) is 19.2 Å². The summed E-state index contributed by atoms with van der Waals surface area (Å²) in [5.41, 5.74) is 4.95. The number of amides is 3. The highest BCUT2D eigenvalue weighted by Crippen LogP contribution is 2.35. The number of hydrogen-bond acceptors (Lipinski definition) is 7. The molecule has 0 radical (unpaired) electrons. The Hall–Kier alpha value is -3.27. The van der Waals surface area contributed by atoms with Crippen LogP contribution < -0.4 is 11.1 Å². The van der Waals surface area contributed by atoms with Gasteiger partial charge in [0.25, 0.3) is 0 Å². The topological polar surface area (TPSA) is 131 Å². The second-order valence-corrected chi connectivity index (χ2v) is 14.9. The number of carbonyl (C=O) groups excluding carboxylic acids is 4. The predicted octanol–water partition coefficient (Wildman–Crippen LogP) is 5.96. The molecule has 0 saturated carbocycles. The van der Waals surface area contributed by atoms with Gasteiger partial charge in [-0.3, -0.25) is 14.5 Å². The lowest BCUT2D eigenvalue weighted by Gasteiger charge is -2.42. The molecule has 0 aliphatic carbocycles. The van der Waals surface area contributed by atoms with E-state index in [1.165, 1.54) is 11.9 Å². The molecule has 1 rings (SSSR count). The molecule has 0 aromatic heterocycles. The van der Waals surface area contributed by atoms with E-state index >= 15 is 0 Å². The number of nitrogens with zero attached hydrogens (tertiary/aromatic N) is 2. The molecule has 45 heavy (non-hydrogen) atoms. The van der Waals surface area contributed by atoms with Crippen LogP contribution >= 0.6 is 11.6 Å². The second kappa shape index (κ2) is 15.3. The summed E-state index contributed by atoms with van der Waals surface area (Å²) in [6.45, 7) is 21.9. The minimum Gasteiger partial charge on any atom is -0.463 e. The summed E-state index contributed by atoms with van der Waals surface area (Å²) in [5, 5.41) is 3.34. The van der Waals surface area contributed by atoms with E-state index in [-0.39, 0.29) is 18.4 Å². The summed E-state index contributed by atoms with van der Waals surface area (Å²) in [7, 11) is 3.15. The van der Waals surface area contributed by atoms with Crippen molar-refractivity contribution in [1.29, 1.82) is 0 Å². The molecule has 1 aromatic rings. The van der Waals surface area contributed by atoms with Crippen LogP contribution in [0.15, 0.2) is 29.8 Å². The Balaban J connectivity index is 3.67. The minimum absolute atomic E-state index is 0.0556. The van der Waals surface area contributed by atoms with Crippen LogP contribution in [0.1, 0.15) is 88.6 Å². The van der Waals surface area contributed by atoms with Crippen LogP contribution in [0.4, 0.5) is 10.5 Å². The quantitative estimate of drug-likeness (QED) is 0.172. The first-order valence-electron chi connectivity index (χ1n) is 15.3. The lowest BCUT2D eigenvalue weighted by atomic mass is 9.76. The number of nitrogens with one attached hydrogen (secondary N) is 1. The zero-order chi connectivity index (χ0) is 35.2. The Bertz CT molecular complexity index is 1260.